The van der Waals surface area contributed by atoms with Gasteiger partial charge in [-0.3, -0.25) is 14.4 Å². The van der Waals surface area contributed by atoms with Gasteiger partial charge in [0.1, 0.15) is 11.0 Å². The van der Waals surface area contributed by atoms with Gasteiger partial charge in [-0.2, -0.15) is 0 Å². The van der Waals surface area contributed by atoms with Gasteiger partial charge < -0.3 is 19.5 Å². The predicted octanol–water partition coefficient (Wildman–Crippen LogP) is 3.88. The second-order valence-electron chi connectivity index (χ2n) is 8.03. The van der Waals surface area contributed by atoms with Gasteiger partial charge in [-0.05, 0) is 24.3 Å². The maximum Gasteiger partial charge on any atom is 0.308 e. The number of nitrogens with one attached hydrogen (secondary N) is 1. The number of ether oxygens (including phenoxy) is 3. The molecule has 4 aromatic rings. The number of aromatic nitrogens is 2. The summed E-state index contributed by atoms with van der Waals surface area (Å²) in [5.74, 6) is -0.556. The molecule has 4 rings (SSSR count). The summed E-state index contributed by atoms with van der Waals surface area (Å²) >= 11 is 0. The maximum absolute atomic E-state index is 11.7. The Kier molecular flexibility index (Phi) is 7.50. The summed E-state index contributed by atoms with van der Waals surface area (Å²) in [6, 6.07) is 17.6. The Morgan fingerprint density at radius 2 is 1.28 bits per heavy atom. The van der Waals surface area contributed by atoms with Gasteiger partial charge in [0.05, 0.1) is 31.0 Å². The highest BCUT2D eigenvalue weighted by molar-refractivity contribution is 5.88. The third-order valence-electron chi connectivity index (χ3n) is 5.41. The lowest BCUT2D eigenvalue weighted by Gasteiger charge is -2.19. The van der Waals surface area contributed by atoms with E-state index in [0.717, 1.165) is 10.8 Å². The lowest BCUT2D eigenvalue weighted by molar-refractivity contribution is -0.140. The summed E-state index contributed by atoms with van der Waals surface area (Å²) in [6.07, 6.45) is 0.144. The number of para-hydroxylation sites is 2. The lowest BCUT2D eigenvalue weighted by atomic mass is 10.0. The van der Waals surface area contributed by atoms with Gasteiger partial charge in [-0.25, -0.2) is 9.97 Å². The highest BCUT2D eigenvalue weighted by Crippen LogP contribution is 2.30. The van der Waals surface area contributed by atoms with Crippen LogP contribution in [-0.2, 0) is 19.1 Å². The number of hydrogen-bond donors (Lipinski definition) is 1. The average Bonchev–Trinajstić information content (AvgIpc) is 2.86. The quantitative estimate of drug-likeness (QED) is 0.292. The van der Waals surface area contributed by atoms with Crippen molar-refractivity contribution in [2.45, 2.75) is 26.3 Å². The second kappa shape index (κ2) is 10.9. The molecule has 2 aromatic heterocycles. The van der Waals surface area contributed by atoms with Crippen LogP contribution in [0.3, 0.4) is 0 Å². The number of rotatable bonds is 8. The molecule has 0 saturated heterocycles. The van der Waals surface area contributed by atoms with E-state index in [1.807, 2.05) is 36.4 Å². The number of methoxy groups -OCH3 is 1. The van der Waals surface area contributed by atoms with Crippen molar-refractivity contribution in [2.75, 3.05) is 13.7 Å². The summed E-state index contributed by atoms with van der Waals surface area (Å²) in [4.78, 5) is 44.5. The van der Waals surface area contributed by atoms with Crippen LogP contribution in [0, 0.1) is 0 Å². The van der Waals surface area contributed by atoms with E-state index >= 15 is 0 Å². The van der Waals surface area contributed by atoms with E-state index in [1.165, 1.54) is 21.0 Å². The molecule has 0 bridgehead atoms. The summed E-state index contributed by atoms with van der Waals surface area (Å²) in [5, 5.41) is 4.93. The van der Waals surface area contributed by atoms with Crippen LogP contribution in [-0.4, -0.2) is 41.5 Å². The van der Waals surface area contributed by atoms with Crippen molar-refractivity contribution in [3.8, 4) is 11.5 Å². The molecule has 2 heterocycles. The fourth-order valence-electron chi connectivity index (χ4n) is 3.85. The molecule has 2 aromatic carbocycles. The van der Waals surface area contributed by atoms with Gasteiger partial charge in [0.15, 0.2) is 11.5 Å². The number of pyridine rings is 2. The van der Waals surface area contributed by atoms with Crippen molar-refractivity contribution in [1.82, 2.24) is 15.3 Å². The second-order valence-corrected chi connectivity index (χ2v) is 8.03. The van der Waals surface area contributed by atoms with Gasteiger partial charge in [0.2, 0.25) is 0 Å². The highest BCUT2D eigenvalue weighted by Gasteiger charge is 2.20. The first-order chi connectivity index (χ1) is 17.4. The van der Waals surface area contributed by atoms with Crippen molar-refractivity contribution in [3.05, 3.63) is 72.1 Å². The topological polar surface area (TPSA) is 117 Å². The van der Waals surface area contributed by atoms with Crippen LogP contribution in [0.15, 0.2) is 60.7 Å². The largest absolute Gasteiger partial charge is 0.469 e. The van der Waals surface area contributed by atoms with Crippen LogP contribution in [0.4, 0.5) is 0 Å². The number of fused-ring (bicyclic) bond motifs is 2. The van der Waals surface area contributed by atoms with Crippen molar-refractivity contribution < 1.29 is 28.6 Å². The molecule has 9 nitrogen and oxygen atoms in total. The third kappa shape index (κ3) is 5.64. The van der Waals surface area contributed by atoms with Crippen LogP contribution in [0.25, 0.3) is 21.8 Å². The van der Waals surface area contributed by atoms with Crippen molar-refractivity contribution in [3.63, 3.8) is 0 Å². The van der Waals surface area contributed by atoms with Crippen LogP contribution < -0.4 is 14.8 Å². The number of esters is 3. The maximum atomic E-state index is 11.7. The number of hydrogen-bond acceptors (Lipinski definition) is 9. The molecule has 0 fully saturated rings. The third-order valence-corrected chi connectivity index (χ3v) is 5.41. The first-order valence-corrected chi connectivity index (χ1v) is 11.3. The summed E-state index contributed by atoms with van der Waals surface area (Å²) < 4.78 is 15.5. The molecule has 0 saturated carbocycles. The Hall–Kier alpha value is -4.37. The lowest BCUT2D eigenvalue weighted by Crippen LogP contribution is -2.27. The number of carbonyl (C=O) groups is 3. The minimum Gasteiger partial charge on any atom is -0.469 e. The molecule has 9 heteroatoms. The molecular formula is C27H25N3O6. The first kappa shape index (κ1) is 24.7. The number of benzene rings is 2. The van der Waals surface area contributed by atoms with Gasteiger partial charge in [0.25, 0.3) is 0 Å². The predicted molar refractivity (Wildman–Crippen MR) is 133 cm³/mol. The fourth-order valence-corrected chi connectivity index (χ4v) is 3.85. The molecule has 36 heavy (non-hydrogen) atoms. The summed E-state index contributed by atoms with van der Waals surface area (Å²) in [5.41, 5.74) is 2.24. The van der Waals surface area contributed by atoms with Gasteiger partial charge in [-0.1, -0.05) is 36.4 Å². The normalized spacial score (nSPS) is 11.0. The van der Waals surface area contributed by atoms with Crippen LogP contribution in [0.5, 0.6) is 11.5 Å². The zero-order valence-corrected chi connectivity index (χ0v) is 20.1. The first-order valence-electron chi connectivity index (χ1n) is 11.3. The smallest absolute Gasteiger partial charge is 0.308 e. The van der Waals surface area contributed by atoms with Crippen LogP contribution >= 0.6 is 0 Å². The Morgan fingerprint density at radius 3 is 1.72 bits per heavy atom. The molecule has 1 N–H and O–H groups in total. The molecule has 0 aliphatic carbocycles. The molecule has 0 aliphatic rings. The molecule has 0 radical (unpaired) electrons. The minimum atomic E-state index is -0.528. The SMILES string of the molecule is COC(=O)CCNC(c1ccc2cccc(OC(C)=O)c2n1)c1ccc2cccc(OC(C)=O)c2n1. The molecule has 0 atom stereocenters. The fraction of sp³-hybridized carbons (Fsp3) is 0.222. The zero-order chi connectivity index (χ0) is 25.7. The summed E-state index contributed by atoms with van der Waals surface area (Å²) in [7, 11) is 1.34. The standard InChI is InChI=1S/C27H25N3O6/c1-16(31)35-22-8-4-6-18-10-12-20(29-25(18)22)27(28-15-14-24(33)34-3)21-13-11-19-7-5-9-23(26(19)30-21)36-17(2)32/h4-13,27-28H,14-15H2,1-3H3. The molecular weight excluding hydrogens is 462 g/mol. The zero-order valence-electron chi connectivity index (χ0n) is 20.1. The summed E-state index contributed by atoms with van der Waals surface area (Å²) in [6.45, 7) is 2.97. The Balaban J connectivity index is 1.81. The number of nitrogens with zero attached hydrogens (tertiary/aromatic N) is 2. The van der Waals surface area contributed by atoms with Crippen LogP contribution in [0.1, 0.15) is 37.7 Å². The molecule has 0 spiro atoms. The molecule has 184 valence electrons. The van der Waals surface area contributed by atoms with E-state index < -0.39 is 18.0 Å². The van der Waals surface area contributed by atoms with Crippen LogP contribution in [0.2, 0.25) is 0 Å². The Labute approximate surface area is 207 Å². The van der Waals surface area contributed by atoms with E-state index in [1.54, 1.807) is 24.3 Å². The molecule has 0 unspecified atom stereocenters. The van der Waals surface area contributed by atoms with Crippen molar-refractivity contribution in [1.29, 1.82) is 0 Å². The monoisotopic (exact) mass is 487 g/mol. The molecule has 0 aliphatic heterocycles. The number of carbonyl (C=O) groups excluding carboxylic acids is 3. The van der Waals surface area contributed by atoms with E-state index in [2.05, 4.69) is 5.32 Å². The Bertz CT molecular complexity index is 1350. The van der Waals surface area contributed by atoms with Crippen molar-refractivity contribution >= 4 is 39.7 Å². The van der Waals surface area contributed by atoms with E-state index in [0.29, 0.717) is 40.5 Å². The van der Waals surface area contributed by atoms with E-state index in [9.17, 15) is 14.4 Å². The van der Waals surface area contributed by atoms with E-state index in [-0.39, 0.29) is 12.4 Å². The highest BCUT2D eigenvalue weighted by atomic mass is 16.5. The minimum absolute atomic E-state index is 0.144. The average molecular weight is 488 g/mol. The molecule has 0 amide bonds. The Morgan fingerprint density at radius 1 is 0.778 bits per heavy atom. The van der Waals surface area contributed by atoms with Crippen molar-refractivity contribution in [2.24, 2.45) is 0 Å². The van der Waals surface area contributed by atoms with Gasteiger partial charge in [-0.15, -0.1) is 0 Å². The van der Waals surface area contributed by atoms with Gasteiger partial charge >= 0.3 is 17.9 Å². The van der Waals surface area contributed by atoms with Gasteiger partial charge in [0, 0.05) is 31.2 Å². The van der Waals surface area contributed by atoms with E-state index in [4.69, 9.17) is 24.2 Å².